The van der Waals surface area contributed by atoms with Gasteiger partial charge in [-0.2, -0.15) is 5.10 Å². The Balaban J connectivity index is 2.22. The van der Waals surface area contributed by atoms with Crippen LogP contribution in [0.25, 0.3) is 0 Å². The second-order valence-electron chi connectivity index (χ2n) is 4.52. The van der Waals surface area contributed by atoms with Gasteiger partial charge >= 0.3 is 0 Å². The van der Waals surface area contributed by atoms with Gasteiger partial charge in [0, 0.05) is 17.4 Å². The van der Waals surface area contributed by atoms with Crippen LogP contribution in [0.15, 0.2) is 28.7 Å². The maximum atomic E-state index is 13.3. The molecule has 1 N–H and O–H groups in total. The third-order valence-electron chi connectivity index (χ3n) is 2.93. The summed E-state index contributed by atoms with van der Waals surface area (Å²) in [6.07, 6.45) is -0.323. The molecule has 1 aromatic carbocycles. The molecule has 5 heteroatoms. The van der Waals surface area contributed by atoms with E-state index in [-0.39, 0.29) is 5.82 Å². The highest BCUT2D eigenvalue weighted by Gasteiger charge is 2.15. The molecule has 0 aliphatic heterocycles. The Morgan fingerprint density at radius 1 is 1.37 bits per heavy atom. The largest absolute Gasteiger partial charge is 0.386 e. The summed E-state index contributed by atoms with van der Waals surface area (Å²) in [4.78, 5) is 0. The van der Waals surface area contributed by atoms with E-state index in [2.05, 4.69) is 21.0 Å². The van der Waals surface area contributed by atoms with E-state index in [0.29, 0.717) is 17.4 Å². The molecule has 2 rings (SSSR count). The molecule has 3 nitrogen and oxygen atoms in total. The monoisotopic (exact) mass is 326 g/mol. The summed E-state index contributed by atoms with van der Waals surface area (Å²) < 4.78 is 15.7. The summed E-state index contributed by atoms with van der Waals surface area (Å²) in [5, 5.41) is 14.6. The lowest BCUT2D eigenvalue weighted by atomic mass is 10.1. The molecule has 0 amide bonds. The van der Waals surface area contributed by atoms with Gasteiger partial charge in [-0.3, -0.25) is 4.68 Å². The molecule has 19 heavy (non-hydrogen) atoms. The van der Waals surface area contributed by atoms with E-state index in [9.17, 15) is 9.50 Å². The minimum absolute atomic E-state index is 0.309. The lowest BCUT2D eigenvalue weighted by Crippen LogP contribution is -2.10. The predicted molar refractivity (Wildman–Crippen MR) is 75.4 cm³/mol. The van der Waals surface area contributed by atoms with E-state index >= 15 is 0 Å². The average Bonchev–Trinajstić information content (AvgIpc) is 2.69. The fourth-order valence-electron chi connectivity index (χ4n) is 2.14. The molecule has 1 unspecified atom stereocenters. The lowest BCUT2D eigenvalue weighted by Gasteiger charge is -2.12. The Bertz CT molecular complexity index is 563. The minimum Gasteiger partial charge on any atom is -0.386 e. The van der Waals surface area contributed by atoms with Gasteiger partial charge < -0.3 is 5.11 Å². The third-order valence-corrected chi connectivity index (χ3v) is 3.38. The number of hydrogen-bond acceptors (Lipinski definition) is 2. The Kier molecular flexibility index (Phi) is 4.37. The predicted octanol–water partition coefficient (Wildman–Crippen LogP) is 3.39. The standard InChI is InChI=1S/C14H16BrFN2O/c1-3-18-13(4-9(2)17-18)14(19)7-10-5-11(15)8-12(16)6-10/h4-6,8,14,19H,3,7H2,1-2H3. The van der Waals surface area contributed by atoms with Gasteiger partial charge in [0.1, 0.15) is 5.82 Å². The summed E-state index contributed by atoms with van der Waals surface area (Å²) in [6, 6.07) is 6.51. The Labute approximate surface area is 120 Å². The molecule has 0 fully saturated rings. The first kappa shape index (κ1) is 14.2. The number of nitrogens with zero attached hydrogens (tertiary/aromatic N) is 2. The van der Waals surface area contributed by atoms with Gasteiger partial charge in [0.15, 0.2) is 0 Å². The lowest BCUT2D eigenvalue weighted by molar-refractivity contribution is 0.167. The molecule has 0 radical (unpaired) electrons. The summed E-state index contributed by atoms with van der Waals surface area (Å²) in [6.45, 7) is 4.57. The second kappa shape index (κ2) is 5.84. The molecule has 0 aliphatic carbocycles. The SMILES string of the molecule is CCn1nc(C)cc1C(O)Cc1cc(F)cc(Br)c1. The van der Waals surface area contributed by atoms with Crippen LogP contribution in [-0.4, -0.2) is 14.9 Å². The van der Waals surface area contributed by atoms with Gasteiger partial charge in [0.05, 0.1) is 17.5 Å². The molecular formula is C14H16BrFN2O. The maximum Gasteiger partial charge on any atom is 0.124 e. The molecule has 0 aliphatic rings. The van der Waals surface area contributed by atoms with Crippen LogP contribution in [0.3, 0.4) is 0 Å². The van der Waals surface area contributed by atoms with Gasteiger partial charge in [-0.15, -0.1) is 0 Å². The Morgan fingerprint density at radius 2 is 2.11 bits per heavy atom. The van der Waals surface area contributed by atoms with E-state index in [1.54, 1.807) is 4.68 Å². The topological polar surface area (TPSA) is 38.0 Å². The van der Waals surface area contributed by atoms with Gasteiger partial charge in [-0.25, -0.2) is 4.39 Å². The summed E-state index contributed by atoms with van der Waals surface area (Å²) in [5.41, 5.74) is 2.39. The zero-order chi connectivity index (χ0) is 14.0. The van der Waals surface area contributed by atoms with E-state index in [4.69, 9.17) is 0 Å². The summed E-state index contributed by atoms with van der Waals surface area (Å²) in [7, 11) is 0. The highest BCUT2D eigenvalue weighted by molar-refractivity contribution is 9.10. The fourth-order valence-corrected chi connectivity index (χ4v) is 2.66. The third kappa shape index (κ3) is 3.42. The summed E-state index contributed by atoms with van der Waals surface area (Å²) >= 11 is 3.25. The molecule has 2 aromatic rings. The first-order valence-electron chi connectivity index (χ1n) is 6.17. The zero-order valence-corrected chi connectivity index (χ0v) is 12.5. The Morgan fingerprint density at radius 3 is 2.74 bits per heavy atom. The van der Waals surface area contributed by atoms with Crippen molar-refractivity contribution < 1.29 is 9.50 Å². The van der Waals surface area contributed by atoms with Gasteiger partial charge in [-0.05, 0) is 43.7 Å². The molecule has 1 atom stereocenters. The van der Waals surface area contributed by atoms with Gasteiger partial charge in [0.25, 0.3) is 0 Å². The Hall–Kier alpha value is -1.20. The fraction of sp³-hybridized carbons (Fsp3) is 0.357. The van der Waals surface area contributed by atoms with Crippen LogP contribution in [0.4, 0.5) is 4.39 Å². The highest BCUT2D eigenvalue weighted by atomic mass is 79.9. The minimum atomic E-state index is -0.685. The number of halogens is 2. The normalized spacial score (nSPS) is 12.7. The van der Waals surface area contributed by atoms with Crippen LogP contribution < -0.4 is 0 Å². The molecule has 102 valence electrons. The molecule has 0 spiro atoms. The van der Waals surface area contributed by atoms with E-state index in [0.717, 1.165) is 17.0 Å². The van der Waals surface area contributed by atoms with Crippen molar-refractivity contribution in [2.24, 2.45) is 0 Å². The number of aromatic nitrogens is 2. The molecule has 0 saturated carbocycles. The van der Waals surface area contributed by atoms with E-state index in [1.807, 2.05) is 26.0 Å². The first-order chi connectivity index (χ1) is 8.99. The van der Waals surface area contributed by atoms with Crippen LogP contribution in [0.5, 0.6) is 0 Å². The smallest absolute Gasteiger partial charge is 0.124 e. The number of rotatable bonds is 4. The van der Waals surface area contributed by atoms with Crippen LogP contribution >= 0.6 is 15.9 Å². The number of benzene rings is 1. The maximum absolute atomic E-state index is 13.3. The molecular weight excluding hydrogens is 311 g/mol. The van der Waals surface area contributed by atoms with Crippen LogP contribution in [0, 0.1) is 12.7 Å². The van der Waals surface area contributed by atoms with Gasteiger partial charge in [0.2, 0.25) is 0 Å². The highest BCUT2D eigenvalue weighted by Crippen LogP contribution is 2.22. The van der Waals surface area contributed by atoms with Crippen LogP contribution in [0.2, 0.25) is 0 Å². The van der Waals surface area contributed by atoms with E-state index in [1.165, 1.54) is 12.1 Å². The number of hydrogen-bond donors (Lipinski definition) is 1. The van der Waals surface area contributed by atoms with Crippen molar-refractivity contribution in [2.75, 3.05) is 0 Å². The van der Waals surface area contributed by atoms with Crippen molar-refractivity contribution in [3.63, 3.8) is 0 Å². The van der Waals surface area contributed by atoms with Crippen molar-refractivity contribution >= 4 is 15.9 Å². The average molecular weight is 327 g/mol. The number of aliphatic hydroxyl groups is 1. The molecule has 1 aromatic heterocycles. The quantitative estimate of drug-likeness (QED) is 0.935. The van der Waals surface area contributed by atoms with Crippen LogP contribution in [-0.2, 0) is 13.0 Å². The second-order valence-corrected chi connectivity index (χ2v) is 5.44. The molecule has 1 heterocycles. The van der Waals surface area contributed by atoms with E-state index < -0.39 is 6.10 Å². The molecule has 0 saturated heterocycles. The number of aryl methyl sites for hydroxylation is 2. The summed E-state index contributed by atoms with van der Waals surface area (Å²) in [5.74, 6) is -0.309. The van der Waals surface area contributed by atoms with Crippen molar-refractivity contribution in [1.82, 2.24) is 9.78 Å². The molecule has 0 bridgehead atoms. The van der Waals surface area contributed by atoms with Crippen molar-refractivity contribution in [2.45, 2.75) is 32.9 Å². The van der Waals surface area contributed by atoms with Crippen LogP contribution in [0.1, 0.15) is 30.0 Å². The van der Waals surface area contributed by atoms with Crippen molar-refractivity contribution in [1.29, 1.82) is 0 Å². The van der Waals surface area contributed by atoms with Crippen molar-refractivity contribution in [3.8, 4) is 0 Å². The number of aliphatic hydroxyl groups excluding tert-OH is 1. The van der Waals surface area contributed by atoms with Crippen molar-refractivity contribution in [3.05, 3.63) is 51.5 Å². The zero-order valence-electron chi connectivity index (χ0n) is 10.9. The first-order valence-corrected chi connectivity index (χ1v) is 6.96. The van der Waals surface area contributed by atoms with Gasteiger partial charge in [-0.1, -0.05) is 15.9 Å².